The maximum absolute atomic E-state index is 12.4. The number of halogens is 3. The van der Waals surface area contributed by atoms with Crippen LogP contribution in [0.5, 0.6) is 0 Å². The molecule has 0 fully saturated rings. The van der Waals surface area contributed by atoms with Crippen molar-refractivity contribution in [2.75, 3.05) is 18.5 Å². The van der Waals surface area contributed by atoms with Gasteiger partial charge in [-0.3, -0.25) is 0 Å². The van der Waals surface area contributed by atoms with Gasteiger partial charge in [0.2, 0.25) is 0 Å². The zero-order valence-corrected chi connectivity index (χ0v) is 10.9. The van der Waals surface area contributed by atoms with Crippen molar-refractivity contribution in [1.29, 1.82) is 0 Å². The number of hydrogen-bond donors (Lipinski definition) is 0. The molecule has 0 amide bonds. The lowest BCUT2D eigenvalue weighted by Crippen LogP contribution is -2.22. The highest BCUT2D eigenvalue weighted by Crippen LogP contribution is 2.27. The van der Waals surface area contributed by atoms with Crippen LogP contribution in [0.2, 0.25) is 0 Å². The van der Waals surface area contributed by atoms with Gasteiger partial charge in [0, 0.05) is 32.5 Å². The van der Waals surface area contributed by atoms with Crippen LogP contribution in [0.25, 0.3) is 0 Å². The number of hydrogen-bond acceptors (Lipinski definition) is 4. The lowest BCUT2D eigenvalue weighted by molar-refractivity contribution is -0.141. The number of rotatable bonds is 5. The van der Waals surface area contributed by atoms with Crippen LogP contribution in [0.1, 0.15) is 12.1 Å². The Morgan fingerprint density at radius 1 is 1.25 bits per heavy atom. The molecule has 0 atom stereocenters. The third-order valence-electron chi connectivity index (χ3n) is 2.80. The second-order valence-corrected chi connectivity index (χ2v) is 4.35. The van der Waals surface area contributed by atoms with Crippen molar-refractivity contribution in [1.82, 2.24) is 19.7 Å². The molecule has 0 saturated heterocycles. The highest BCUT2D eigenvalue weighted by molar-refractivity contribution is 5.36. The van der Waals surface area contributed by atoms with Crippen LogP contribution in [0.3, 0.4) is 0 Å². The van der Waals surface area contributed by atoms with Gasteiger partial charge in [0.05, 0.1) is 6.33 Å². The Morgan fingerprint density at radius 3 is 2.60 bits per heavy atom. The predicted molar refractivity (Wildman–Crippen MR) is 67.1 cm³/mol. The van der Waals surface area contributed by atoms with E-state index in [2.05, 4.69) is 15.2 Å². The maximum atomic E-state index is 12.4. The summed E-state index contributed by atoms with van der Waals surface area (Å²) in [4.78, 5) is 5.70. The van der Waals surface area contributed by atoms with E-state index in [0.29, 0.717) is 12.4 Å². The SMILES string of the molecule is CN(CCCn1ccnc1)c1ccc(C(F)(F)F)nn1. The largest absolute Gasteiger partial charge is 0.435 e. The molecule has 2 aromatic rings. The summed E-state index contributed by atoms with van der Waals surface area (Å²) in [5, 5.41) is 6.79. The van der Waals surface area contributed by atoms with Crippen LogP contribution in [-0.4, -0.2) is 33.3 Å². The summed E-state index contributed by atoms with van der Waals surface area (Å²) >= 11 is 0. The molecule has 0 saturated carbocycles. The van der Waals surface area contributed by atoms with Crippen LogP contribution in [0.4, 0.5) is 19.0 Å². The molecule has 0 radical (unpaired) electrons. The molecule has 20 heavy (non-hydrogen) atoms. The average molecular weight is 285 g/mol. The van der Waals surface area contributed by atoms with Gasteiger partial charge < -0.3 is 9.47 Å². The lowest BCUT2D eigenvalue weighted by Gasteiger charge is -2.17. The molecular weight excluding hydrogens is 271 g/mol. The van der Waals surface area contributed by atoms with E-state index in [4.69, 9.17) is 0 Å². The normalized spacial score (nSPS) is 11.6. The van der Waals surface area contributed by atoms with Crippen molar-refractivity contribution in [2.45, 2.75) is 19.1 Å². The molecule has 0 aliphatic heterocycles. The third-order valence-corrected chi connectivity index (χ3v) is 2.80. The molecule has 2 heterocycles. The molecule has 0 unspecified atom stereocenters. The summed E-state index contributed by atoms with van der Waals surface area (Å²) in [5.41, 5.74) is -0.979. The molecule has 2 aromatic heterocycles. The minimum Gasteiger partial charge on any atom is -0.358 e. The van der Waals surface area contributed by atoms with E-state index >= 15 is 0 Å². The first-order valence-electron chi connectivity index (χ1n) is 6.04. The van der Waals surface area contributed by atoms with E-state index in [1.807, 2.05) is 10.8 Å². The van der Waals surface area contributed by atoms with Gasteiger partial charge in [-0.15, -0.1) is 10.2 Å². The molecule has 0 spiro atoms. The second-order valence-electron chi connectivity index (χ2n) is 4.35. The highest BCUT2D eigenvalue weighted by atomic mass is 19.4. The summed E-state index contributed by atoms with van der Waals surface area (Å²) in [6, 6.07) is 2.27. The Hall–Kier alpha value is -2.12. The first kappa shape index (κ1) is 14.3. The fourth-order valence-corrected chi connectivity index (χ4v) is 1.70. The number of imidazole rings is 1. The van der Waals surface area contributed by atoms with E-state index in [-0.39, 0.29) is 0 Å². The molecule has 0 aliphatic carbocycles. The number of nitrogens with zero attached hydrogens (tertiary/aromatic N) is 5. The number of anilines is 1. The van der Waals surface area contributed by atoms with Crippen molar-refractivity contribution in [3.63, 3.8) is 0 Å². The molecule has 0 bridgehead atoms. The van der Waals surface area contributed by atoms with E-state index in [9.17, 15) is 13.2 Å². The number of aromatic nitrogens is 4. The minimum absolute atomic E-state index is 0.420. The predicted octanol–water partition coefficient (Wildman–Crippen LogP) is 2.22. The monoisotopic (exact) mass is 285 g/mol. The van der Waals surface area contributed by atoms with Gasteiger partial charge in [0.15, 0.2) is 11.5 Å². The Labute approximate surface area is 114 Å². The third kappa shape index (κ3) is 3.69. The van der Waals surface area contributed by atoms with E-state index < -0.39 is 11.9 Å². The van der Waals surface area contributed by atoms with Crippen molar-refractivity contribution in [3.05, 3.63) is 36.5 Å². The van der Waals surface area contributed by atoms with Gasteiger partial charge in [-0.1, -0.05) is 0 Å². The molecular formula is C12H14F3N5. The van der Waals surface area contributed by atoms with Gasteiger partial charge in [-0.2, -0.15) is 13.2 Å². The van der Waals surface area contributed by atoms with Crippen molar-refractivity contribution < 1.29 is 13.2 Å². The molecule has 0 aromatic carbocycles. The van der Waals surface area contributed by atoms with Crippen molar-refractivity contribution in [3.8, 4) is 0 Å². The molecule has 8 heteroatoms. The second kappa shape index (κ2) is 5.89. The Kier molecular flexibility index (Phi) is 4.21. The van der Waals surface area contributed by atoms with Crippen LogP contribution in [-0.2, 0) is 12.7 Å². The zero-order chi connectivity index (χ0) is 14.6. The van der Waals surface area contributed by atoms with Gasteiger partial charge in [-0.05, 0) is 18.6 Å². The van der Waals surface area contributed by atoms with E-state index in [1.165, 1.54) is 6.07 Å². The van der Waals surface area contributed by atoms with Gasteiger partial charge in [0.25, 0.3) is 0 Å². The smallest absolute Gasteiger partial charge is 0.358 e. The van der Waals surface area contributed by atoms with Crippen molar-refractivity contribution >= 4 is 5.82 Å². The first-order valence-corrected chi connectivity index (χ1v) is 6.04. The Bertz CT molecular complexity index is 521. The Morgan fingerprint density at radius 2 is 2.05 bits per heavy atom. The number of alkyl halides is 3. The Balaban J connectivity index is 1.87. The summed E-state index contributed by atoms with van der Waals surface area (Å²) < 4.78 is 39.0. The van der Waals surface area contributed by atoms with Gasteiger partial charge >= 0.3 is 6.18 Å². The quantitative estimate of drug-likeness (QED) is 0.845. The summed E-state index contributed by atoms with van der Waals surface area (Å²) in [6.07, 6.45) is 1.65. The van der Waals surface area contributed by atoms with Crippen LogP contribution in [0, 0.1) is 0 Å². The lowest BCUT2D eigenvalue weighted by atomic mass is 10.3. The molecule has 0 aliphatic rings. The summed E-state index contributed by atoms with van der Waals surface area (Å²) in [5.74, 6) is 0.420. The first-order chi connectivity index (χ1) is 9.47. The highest BCUT2D eigenvalue weighted by Gasteiger charge is 2.32. The topological polar surface area (TPSA) is 46.8 Å². The molecule has 108 valence electrons. The van der Waals surface area contributed by atoms with Crippen molar-refractivity contribution in [2.24, 2.45) is 0 Å². The van der Waals surface area contributed by atoms with E-state index in [0.717, 1.165) is 19.0 Å². The minimum atomic E-state index is -4.45. The van der Waals surface area contributed by atoms with E-state index in [1.54, 1.807) is 24.5 Å². The van der Waals surface area contributed by atoms with Crippen LogP contribution in [0.15, 0.2) is 30.9 Å². The fourth-order valence-electron chi connectivity index (χ4n) is 1.70. The van der Waals surface area contributed by atoms with Crippen LogP contribution < -0.4 is 4.90 Å². The maximum Gasteiger partial charge on any atom is 0.435 e. The summed E-state index contributed by atoms with van der Waals surface area (Å²) in [6.45, 7) is 1.45. The standard InChI is InChI=1S/C12H14F3N5/c1-19(6-2-7-20-8-5-16-9-20)11-4-3-10(17-18-11)12(13,14)15/h3-5,8-9H,2,6-7H2,1H3. The summed E-state index contributed by atoms with van der Waals surface area (Å²) in [7, 11) is 1.77. The molecule has 2 rings (SSSR count). The number of aryl methyl sites for hydroxylation is 1. The molecule has 5 nitrogen and oxygen atoms in total. The van der Waals surface area contributed by atoms with Crippen LogP contribution >= 0.6 is 0 Å². The van der Waals surface area contributed by atoms with Gasteiger partial charge in [0.1, 0.15) is 0 Å². The zero-order valence-electron chi connectivity index (χ0n) is 10.9. The molecule has 0 N–H and O–H groups in total. The van der Waals surface area contributed by atoms with Gasteiger partial charge in [-0.25, -0.2) is 4.98 Å². The average Bonchev–Trinajstić information content (AvgIpc) is 2.91. The fraction of sp³-hybridized carbons (Fsp3) is 0.417.